The van der Waals surface area contributed by atoms with Gasteiger partial charge in [-0.1, -0.05) is 244 Å². The zero-order valence-corrected chi connectivity index (χ0v) is 36.6. The molecule has 5 heteroatoms. The highest BCUT2D eigenvalue weighted by Crippen LogP contribution is 2.17. The minimum atomic E-state index is -1.07. The molecule has 0 aliphatic heterocycles. The van der Waals surface area contributed by atoms with Crippen molar-refractivity contribution in [3.63, 3.8) is 0 Å². The molecule has 3 atom stereocenters. The number of unbranched alkanes of at least 4 members (excludes halogenated alkanes) is 35. The van der Waals surface area contributed by atoms with Gasteiger partial charge >= 0.3 is 0 Å². The summed E-state index contributed by atoms with van der Waals surface area (Å²) in [6.07, 6.45) is 53.7. The van der Waals surface area contributed by atoms with Gasteiger partial charge in [-0.2, -0.15) is 0 Å². The summed E-state index contributed by atoms with van der Waals surface area (Å²) in [4.78, 5) is 12.5. The second-order valence-corrected chi connectivity index (χ2v) is 17.0. The van der Waals surface area contributed by atoms with Gasteiger partial charge in [-0.15, -0.1) is 0 Å². The number of amides is 1. The summed E-state index contributed by atoms with van der Waals surface area (Å²) >= 11 is 0. The predicted molar refractivity (Wildman–Crippen MR) is 236 cm³/mol. The fourth-order valence-corrected chi connectivity index (χ4v) is 7.78. The molecule has 1 amide bonds. The highest BCUT2D eigenvalue weighted by molar-refractivity contribution is 5.80. The molecular formula is C49H97NO4. The molecule has 5 nitrogen and oxygen atoms in total. The van der Waals surface area contributed by atoms with Crippen LogP contribution in [0.1, 0.15) is 271 Å². The molecule has 4 N–H and O–H groups in total. The van der Waals surface area contributed by atoms with Crippen molar-refractivity contribution >= 4 is 5.91 Å². The Kier molecular flexibility index (Phi) is 44.0. The molecule has 0 rings (SSSR count). The summed E-state index contributed by atoms with van der Waals surface area (Å²) in [7, 11) is 0. The number of nitrogens with one attached hydrogen (secondary N) is 1. The normalized spacial score (nSPS) is 13.5. The maximum absolute atomic E-state index is 12.5. The summed E-state index contributed by atoms with van der Waals surface area (Å²) in [5, 5.41) is 33.4. The first-order valence-electron chi connectivity index (χ1n) is 24.5. The molecule has 322 valence electrons. The van der Waals surface area contributed by atoms with Crippen LogP contribution in [0.5, 0.6) is 0 Å². The van der Waals surface area contributed by atoms with E-state index in [2.05, 4.69) is 31.3 Å². The van der Waals surface area contributed by atoms with Crippen molar-refractivity contribution in [1.82, 2.24) is 5.32 Å². The standard InChI is InChI=1S/C49H97NO4/c1-3-5-7-9-11-13-15-17-19-20-21-22-23-24-25-26-27-28-30-32-34-36-38-40-42-44-48(53)49(54)50-46(45-51)47(52)43-41-39-37-35-33-31-29-18-16-14-12-10-8-6-4-2/h24-25,46-48,51-53H,3-23,26-45H2,1-2H3,(H,50,54)/b25-24-. The Morgan fingerprint density at radius 3 is 1.02 bits per heavy atom. The van der Waals surface area contributed by atoms with Crippen molar-refractivity contribution in [1.29, 1.82) is 0 Å². The second kappa shape index (κ2) is 44.8. The number of hydrogen-bond donors (Lipinski definition) is 4. The lowest BCUT2D eigenvalue weighted by molar-refractivity contribution is -0.131. The Morgan fingerprint density at radius 1 is 0.426 bits per heavy atom. The van der Waals surface area contributed by atoms with Crippen LogP contribution in [0.25, 0.3) is 0 Å². The van der Waals surface area contributed by atoms with Crippen molar-refractivity contribution in [2.45, 2.75) is 289 Å². The topological polar surface area (TPSA) is 89.8 Å². The van der Waals surface area contributed by atoms with E-state index in [9.17, 15) is 20.1 Å². The van der Waals surface area contributed by atoms with Gasteiger partial charge in [-0.3, -0.25) is 4.79 Å². The Bertz CT molecular complexity index is 758. The Balaban J connectivity index is 3.55. The number of rotatable bonds is 45. The van der Waals surface area contributed by atoms with Crippen LogP contribution in [0.3, 0.4) is 0 Å². The van der Waals surface area contributed by atoms with Crippen molar-refractivity contribution in [3.05, 3.63) is 12.2 Å². The van der Waals surface area contributed by atoms with Gasteiger partial charge in [0.25, 0.3) is 0 Å². The van der Waals surface area contributed by atoms with E-state index in [0.717, 1.165) is 32.1 Å². The molecule has 0 aromatic heterocycles. The smallest absolute Gasteiger partial charge is 0.249 e. The highest BCUT2D eigenvalue weighted by atomic mass is 16.3. The van der Waals surface area contributed by atoms with E-state index >= 15 is 0 Å². The average Bonchev–Trinajstić information content (AvgIpc) is 3.18. The summed E-state index contributed by atoms with van der Waals surface area (Å²) < 4.78 is 0. The van der Waals surface area contributed by atoms with Crippen LogP contribution in [0, 0.1) is 0 Å². The third-order valence-electron chi connectivity index (χ3n) is 11.6. The third kappa shape index (κ3) is 39.3. The lowest BCUT2D eigenvalue weighted by Gasteiger charge is -2.23. The average molecular weight is 764 g/mol. The maximum atomic E-state index is 12.5. The molecule has 3 unspecified atom stereocenters. The molecular weight excluding hydrogens is 667 g/mol. The molecule has 0 saturated carbocycles. The van der Waals surface area contributed by atoms with Crippen LogP contribution >= 0.6 is 0 Å². The first-order valence-corrected chi connectivity index (χ1v) is 24.5. The minimum Gasteiger partial charge on any atom is -0.394 e. The SMILES string of the molecule is CCCCCCCCCCCCCC/C=C\CCCCCCCCCCCC(O)C(=O)NC(CO)C(O)CCCCCCCCCCCCCCCCC. The largest absolute Gasteiger partial charge is 0.394 e. The number of aliphatic hydroxyl groups is 3. The quantitative estimate of drug-likeness (QED) is 0.0367. The molecule has 0 aliphatic rings. The van der Waals surface area contributed by atoms with Crippen LogP contribution in [0.4, 0.5) is 0 Å². The van der Waals surface area contributed by atoms with E-state index in [4.69, 9.17) is 0 Å². The molecule has 0 spiro atoms. The maximum Gasteiger partial charge on any atom is 0.249 e. The number of carbonyl (C=O) groups is 1. The molecule has 0 heterocycles. The van der Waals surface area contributed by atoms with E-state index in [1.54, 1.807) is 0 Å². The zero-order valence-electron chi connectivity index (χ0n) is 36.6. The fraction of sp³-hybridized carbons (Fsp3) is 0.939. The molecule has 0 saturated heterocycles. The first kappa shape index (κ1) is 53.1. The van der Waals surface area contributed by atoms with E-state index in [1.165, 1.54) is 212 Å². The Hall–Kier alpha value is -0.910. The molecule has 0 aliphatic carbocycles. The van der Waals surface area contributed by atoms with Gasteiger partial charge in [0.2, 0.25) is 5.91 Å². The van der Waals surface area contributed by atoms with Gasteiger partial charge in [0.05, 0.1) is 18.8 Å². The fourth-order valence-electron chi connectivity index (χ4n) is 7.78. The monoisotopic (exact) mass is 764 g/mol. The van der Waals surface area contributed by atoms with E-state index in [-0.39, 0.29) is 6.61 Å². The minimum absolute atomic E-state index is 0.311. The van der Waals surface area contributed by atoms with Crippen LogP contribution in [-0.2, 0) is 4.79 Å². The summed E-state index contributed by atoms with van der Waals surface area (Å²) in [5.74, 6) is -0.469. The van der Waals surface area contributed by atoms with Crippen molar-refractivity contribution in [3.8, 4) is 0 Å². The van der Waals surface area contributed by atoms with E-state index in [1.807, 2.05) is 0 Å². The summed E-state index contributed by atoms with van der Waals surface area (Å²) in [6, 6.07) is -0.709. The molecule has 0 fully saturated rings. The van der Waals surface area contributed by atoms with Crippen LogP contribution in [-0.4, -0.2) is 46.1 Å². The van der Waals surface area contributed by atoms with Crippen LogP contribution < -0.4 is 5.32 Å². The Labute approximate surface area is 338 Å². The van der Waals surface area contributed by atoms with Gasteiger partial charge in [-0.25, -0.2) is 0 Å². The summed E-state index contributed by atoms with van der Waals surface area (Å²) in [5.41, 5.74) is 0. The number of allylic oxidation sites excluding steroid dienone is 2. The van der Waals surface area contributed by atoms with Gasteiger partial charge in [0.15, 0.2) is 0 Å². The molecule has 54 heavy (non-hydrogen) atoms. The molecule has 0 aromatic rings. The zero-order chi connectivity index (χ0) is 39.4. The lowest BCUT2D eigenvalue weighted by Crippen LogP contribution is -2.49. The third-order valence-corrected chi connectivity index (χ3v) is 11.6. The number of aliphatic hydroxyl groups excluding tert-OH is 3. The van der Waals surface area contributed by atoms with Gasteiger partial charge in [0, 0.05) is 0 Å². The van der Waals surface area contributed by atoms with Crippen molar-refractivity contribution in [2.24, 2.45) is 0 Å². The predicted octanol–water partition coefficient (Wildman–Crippen LogP) is 14.4. The van der Waals surface area contributed by atoms with Crippen LogP contribution in [0.15, 0.2) is 12.2 Å². The van der Waals surface area contributed by atoms with E-state index in [0.29, 0.717) is 12.8 Å². The van der Waals surface area contributed by atoms with Crippen molar-refractivity contribution in [2.75, 3.05) is 6.61 Å². The van der Waals surface area contributed by atoms with Crippen molar-refractivity contribution < 1.29 is 20.1 Å². The van der Waals surface area contributed by atoms with Crippen LogP contribution in [0.2, 0.25) is 0 Å². The molecule has 0 radical (unpaired) electrons. The first-order chi connectivity index (χ1) is 26.6. The van der Waals surface area contributed by atoms with Gasteiger partial charge < -0.3 is 20.6 Å². The summed E-state index contributed by atoms with van der Waals surface area (Å²) in [6.45, 7) is 4.25. The number of hydrogen-bond acceptors (Lipinski definition) is 4. The number of carbonyl (C=O) groups excluding carboxylic acids is 1. The highest BCUT2D eigenvalue weighted by Gasteiger charge is 2.23. The second-order valence-electron chi connectivity index (χ2n) is 17.0. The van der Waals surface area contributed by atoms with Gasteiger partial charge in [0.1, 0.15) is 6.10 Å². The van der Waals surface area contributed by atoms with E-state index < -0.39 is 24.2 Å². The molecule has 0 bridgehead atoms. The molecule has 0 aromatic carbocycles. The lowest BCUT2D eigenvalue weighted by atomic mass is 10.0. The van der Waals surface area contributed by atoms with Gasteiger partial charge in [-0.05, 0) is 38.5 Å². The Morgan fingerprint density at radius 2 is 0.704 bits per heavy atom.